The van der Waals surface area contributed by atoms with Gasteiger partial charge in [0.25, 0.3) is 0 Å². The summed E-state index contributed by atoms with van der Waals surface area (Å²) in [4.78, 5) is 0. The van der Waals surface area contributed by atoms with Crippen molar-refractivity contribution < 1.29 is 9.13 Å². The lowest BCUT2D eigenvalue weighted by atomic mass is 9.89. The van der Waals surface area contributed by atoms with Gasteiger partial charge in [0.05, 0.1) is 4.47 Å². The minimum Gasteiger partial charge on any atom is -0.385 e. The average Bonchev–Trinajstić information content (AvgIpc) is 2.37. The first-order valence-electron chi connectivity index (χ1n) is 6.53. The molecule has 1 atom stereocenters. The summed E-state index contributed by atoms with van der Waals surface area (Å²) in [6, 6.07) is 5.33. The van der Waals surface area contributed by atoms with Gasteiger partial charge in [-0.3, -0.25) is 0 Å². The summed E-state index contributed by atoms with van der Waals surface area (Å²) in [6.45, 7) is 8.18. The smallest absolute Gasteiger partial charge is 0.137 e. The zero-order valence-electron chi connectivity index (χ0n) is 12.1. The Morgan fingerprint density at radius 2 is 2.11 bits per heavy atom. The Morgan fingerprint density at radius 3 is 2.68 bits per heavy atom. The summed E-state index contributed by atoms with van der Waals surface area (Å²) in [5.41, 5.74) is 1.26. The third-order valence-electron chi connectivity index (χ3n) is 3.31. The lowest BCUT2D eigenvalue weighted by molar-refractivity contribution is 0.149. The molecule has 1 rings (SSSR count). The number of halogens is 2. The van der Waals surface area contributed by atoms with E-state index in [0.717, 1.165) is 25.1 Å². The number of methoxy groups -OCH3 is 1. The van der Waals surface area contributed by atoms with Crippen LogP contribution in [-0.4, -0.2) is 20.3 Å². The highest BCUT2D eigenvalue weighted by molar-refractivity contribution is 9.10. The van der Waals surface area contributed by atoms with Crippen LogP contribution in [0.4, 0.5) is 4.39 Å². The van der Waals surface area contributed by atoms with Crippen LogP contribution in [0.1, 0.15) is 38.8 Å². The van der Waals surface area contributed by atoms with E-state index in [1.165, 1.54) is 6.07 Å². The van der Waals surface area contributed by atoms with Crippen LogP contribution in [-0.2, 0) is 4.74 Å². The molecule has 4 heteroatoms. The average molecular weight is 332 g/mol. The summed E-state index contributed by atoms with van der Waals surface area (Å²) < 4.78 is 18.8. The van der Waals surface area contributed by atoms with Gasteiger partial charge in [0.2, 0.25) is 0 Å². The monoisotopic (exact) mass is 331 g/mol. The highest BCUT2D eigenvalue weighted by atomic mass is 79.9. The maximum absolute atomic E-state index is 13.2. The zero-order chi connectivity index (χ0) is 14.5. The van der Waals surface area contributed by atoms with Gasteiger partial charge < -0.3 is 10.1 Å². The predicted molar refractivity (Wildman–Crippen MR) is 80.8 cm³/mol. The van der Waals surface area contributed by atoms with E-state index >= 15 is 0 Å². The van der Waals surface area contributed by atoms with Crippen LogP contribution in [0.2, 0.25) is 0 Å². The number of nitrogens with one attached hydrogen (secondary N) is 1. The Morgan fingerprint density at radius 1 is 1.42 bits per heavy atom. The van der Waals surface area contributed by atoms with E-state index in [2.05, 4.69) is 42.0 Å². The SMILES string of the molecule is COCCC(C)(C)CNC(C)c1ccc(F)c(Br)c1. The molecule has 0 aliphatic heterocycles. The van der Waals surface area contributed by atoms with Crippen molar-refractivity contribution in [3.63, 3.8) is 0 Å². The number of ether oxygens (including phenoxy) is 1. The lowest BCUT2D eigenvalue weighted by Crippen LogP contribution is -2.32. The molecule has 0 spiro atoms. The van der Waals surface area contributed by atoms with Crippen molar-refractivity contribution in [3.8, 4) is 0 Å². The molecule has 0 heterocycles. The third-order valence-corrected chi connectivity index (χ3v) is 3.92. The van der Waals surface area contributed by atoms with Gasteiger partial charge >= 0.3 is 0 Å². The van der Waals surface area contributed by atoms with Crippen molar-refractivity contribution >= 4 is 15.9 Å². The van der Waals surface area contributed by atoms with Gasteiger partial charge in [0.15, 0.2) is 0 Å². The second-order valence-corrected chi connectivity index (χ2v) is 6.54. The standard InChI is InChI=1S/C15H23BrFNO/c1-11(12-5-6-14(17)13(16)9-12)18-10-15(2,3)7-8-19-4/h5-6,9,11,18H,7-8,10H2,1-4H3. The first-order chi connectivity index (χ1) is 8.85. The number of rotatable bonds is 7. The Hall–Kier alpha value is -0.450. The number of benzene rings is 1. The molecular formula is C15H23BrFNO. The Balaban J connectivity index is 2.54. The molecule has 0 bridgehead atoms. The van der Waals surface area contributed by atoms with E-state index in [0.29, 0.717) is 4.47 Å². The maximum atomic E-state index is 13.2. The second-order valence-electron chi connectivity index (χ2n) is 5.68. The van der Waals surface area contributed by atoms with Crippen molar-refractivity contribution in [2.75, 3.05) is 20.3 Å². The summed E-state index contributed by atoms with van der Waals surface area (Å²) in [5.74, 6) is -0.226. The van der Waals surface area contributed by atoms with Gasteiger partial charge in [-0.15, -0.1) is 0 Å². The van der Waals surface area contributed by atoms with Crippen LogP contribution in [0.25, 0.3) is 0 Å². The Labute approximate surface area is 123 Å². The fraction of sp³-hybridized carbons (Fsp3) is 0.600. The molecule has 0 radical (unpaired) electrons. The van der Waals surface area contributed by atoms with Crippen LogP contribution >= 0.6 is 15.9 Å². The fourth-order valence-corrected chi connectivity index (χ4v) is 2.19. The van der Waals surface area contributed by atoms with E-state index in [1.807, 2.05) is 12.1 Å². The van der Waals surface area contributed by atoms with Gasteiger partial charge in [-0.2, -0.15) is 0 Å². The predicted octanol–water partition coefficient (Wildman–Crippen LogP) is 4.30. The molecule has 0 amide bonds. The van der Waals surface area contributed by atoms with Gasteiger partial charge in [0, 0.05) is 26.3 Å². The number of hydrogen-bond acceptors (Lipinski definition) is 2. The van der Waals surface area contributed by atoms with E-state index in [9.17, 15) is 4.39 Å². The zero-order valence-corrected chi connectivity index (χ0v) is 13.7. The van der Waals surface area contributed by atoms with Crippen LogP contribution in [0.3, 0.4) is 0 Å². The van der Waals surface area contributed by atoms with Gasteiger partial charge in [-0.25, -0.2) is 4.39 Å². The van der Waals surface area contributed by atoms with E-state index in [-0.39, 0.29) is 17.3 Å². The largest absolute Gasteiger partial charge is 0.385 e. The first-order valence-corrected chi connectivity index (χ1v) is 7.32. The van der Waals surface area contributed by atoms with Crippen LogP contribution in [0, 0.1) is 11.2 Å². The normalized spacial score (nSPS) is 13.6. The summed E-state index contributed by atoms with van der Waals surface area (Å²) >= 11 is 3.22. The topological polar surface area (TPSA) is 21.3 Å². The molecule has 1 unspecified atom stereocenters. The molecule has 108 valence electrons. The molecule has 19 heavy (non-hydrogen) atoms. The highest BCUT2D eigenvalue weighted by Crippen LogP contribution is 2.23. The van der Waals surface area contributed by atoms with Crippen LogP contribution in [0.5, 0.6) is 0 Å². The van der Waals surface area contributed by atoms with E-state index < -0.39 is 0 Å². The van der Waals surface area contributed by atoms with Crippen molar-refractivity contribution in [2.24, 2.45) is 5.41 Å². The fourth-order valence-electron chi connectivity index (χ4n) is 1.80. The molecular weight excluding hydrogens is 309 g/mol. The second kappa shape index (κ2) is 7.36. The third kappa shape index (κ3) is 5.59. The van der Waals surface area contributed by atoms with Gasteiger partial charge in [0.1, 0.15) is 5.82 Å². The van der Waals surface area contributed by atoms with Gasteiger partial charge in [-0.05, 0) is 52.4 Å². The maximum Gasteiger partial charge on any atom is 0.137 e. The van der Waals surface area contributed by atoms with Crippen LogP contribution in [0.15, 0.2) is 22.7 Å². The Bertz CT molecular complexity index is 409. The molecule has 0 saturated carbocycles. The molecule has 0 aromatic heterocycles. The highest BCUT2D eigenvalue weighted by Gasteiger charge is 2.18. The summed E-state index contributed by atoms with van der Waals surface area (Å²) in [6.07, 6.45) is 1.01. The number of hydrogen-bond donors (Lipinski definition) is 1. The van der Waals surface area contributed by atoms with Crippen molar-refractivity contribution in [1.29, 1.82) is 0 Å². The molecule has 1 aromatic rings. The molecule has 1 N–H and O–H groups in total. The van der Waals surface area contributed by atoms with Crippen molar-refractivity contribution in [1.82, 2.24) is 5.32 Å². The molecule has 1 aromatic carbocycles. The molecule has 0 fully saturated rings. The van der Waals surface area contributed by atoms with E-state index in [4.69, 9.17) is 4.74 Å². The lowest BCUT2D eigenvalue weighted by Gasteiger charge is -2.27. The van der Waals surface area contributed by atoms with Gasteiger partial charge in [-0.1, -0.05) is 19.9 Å². The summed E-state index contributed by atoms with van der Waals surface area (Å²) in [5, 5.41) is 3.50. The van der Waals surface area contributed by atoms with Crippen LogP contribution < -0.4 is 5.32 Å². The minimum atomic E-state index is -0.226. The molecule has 2 nitrogen and oxygen atoms in total. The van der Waals surface area contributed by atoms with Crippen molar-refractivity contribution in [2.45, 2.75) is 33.2 Å². The first kappa shape index (κ1) is 16.6. The molecule has 0 saturated heterocycles. The minimum absolute atomic E-state index is 0.182. The molecule has 0 aliphatic carbocycles. The summed E-state index contributed by atoms with van der Waals surface area (Å²) in [7, 11) is 1.72. The Kier molecular flexibility index (Phi) is 6.43. The molecule has 0 aliphatic rings. The quantitative estimate of drug-likeness (QED) is 0.804. The van der Waals surface area contributed by atoms with Crippen molar-refractivity contribution in [3.05, 3.63) is 34.1 Å². The van der Waals surface area contributed by atoms with E-state index in [1.54, 1.807) is 7.11 Å².